The second kappa shape index (κ2) is 9.48. The normalized spacial score (nSPS) is 21.4. The molecule has 0 aliphatic heterocycles. The maximum Gasteiger partial charge on any atom is 0.330 e. The third kappa shape index (κ3) is 6.00. The maximum absolute atomic E-state index is 11.4. The van der Waals surface area contributed by atoms with E-state index in [1.54, 1.807) is 6.92 Å². The number of hydrogen-bond acceptors (Lipinski definition) is 4. The lowest BCUT2D eigenvalue weighted by atomic mass is 9.82. The zero-order valence-corrected chi connectivity index (χ0v) is 14.7. The van der Waals surface area contributed by atoms with Crippen molar-refractivity contribution < 1.29 is 19.4 Å². The minimum atomic E-state index is -0.333. The third-order valence-electron chi connectivity index (χ3n) is 4.41. The standard InChI is InChI=1S/C20H28O4/c1-3-23-20(22)12-15(2)14-24-18-10-8-16(9-11-18)13-17-6-4-5-7-19(17)21/h8-12,17,19,21H,3-7,13-14H2,1-2H3. The minimum Gasteiger partial charge on any atom is -0.489 e. The number of benzene rings is 1. The molecule has 4 nitrogen and oxygen atoms in total. The van der Waals surface area contributed by atoms with Gasteiger partial charge in [0.25, 0.3) is 0 Å². The number of ether oxygens (including phenoxy) is 2. The molecular formula is C20H28O4. The molecule has 2 rings (SSSR count). The Kier molecular flexibility index (Phi) is 7.32. The fourth-order valence-corrected chi connectivity index (χ4v) is 3.07. The zero-order valence-electron chi connectivity index (χ0n) is 14.7. The van der Waals surface area contributed by atoms with Gasteiger partial charge in [-0.05, 0) is 62.3 Å². The van der Waals surface area contributed by atoms with Crippen LogP contribution in [0.25, 0.3) is 0 Å². The van der Waals surface area contributed by atoms with Gasteiger partial charge >= 0.3 is 5.97 Å². The molecule has 2 atom stereocenters. The summed E-state index contributed by atoms with van der Waals surface area (Å²) in [6, 6.07) is 8.01. The molecule has 1 aliphatic rings. The van der Waals surface area contributed by atoms with E-state index in [9.17, 15) is 9.90 Å². The number of rotatable bonds is 7. The second-order valence-electron chi connectivity index (χ2n) is 6.49. The predicted molar refractivity (Wildman–Crippen MR) is 94.0 cm³/mol. The Hall–Kier alpha value is -1.81. The highest BCUT2D eigenvalue weighted by Gasteiger charge is 2.22. The molecule has 132 valence electrons. The molecule has 0 radical (unpaired) electrons. The van der Waals surface area contributed by atoms with Crippen LogP contribution in [0.15, 0.2) is 35.9 Å². The SMILES string of the molecule is CCOC(=O)C=C(C)COc1ccc(CC2CCCCC2O)cc1. The van der Waals surface area contributed by atoms with Crippen molar-refractivity contribution in [1.82, 2.24) is 0 Å². The summed E-state index contributed by atoms with van der Waals surface area (Å²) in [6.07, 6.45) is 6.61. The van der Waals surface area contributed by atoms with Crippen LogP contribution in [-0.4, -0.2) is 30.4 Å². The average Bonchev–Trinajstić information content (AvgIpc) is 2.56. The van der Waals surface area contributed by atoms with E-state index < -0.39 is 0 Å². The quantitative estimate of drug-likeness (QED) is 0.611. The van der Waals surface area contributed by atoms with Gasteiger partial charge in [0.15, 0.2) is 0 Å². The summed E-state index contributed by atoms with van der Waals surface area (Å²) in [5.41, 5.74) is 2.05. The largest absolute Gasteiger partial charge is 0.489 e. The van der Waals surface area contributed by atoms with Gasteiger partial charge in [-0.2, -0.15) is 0 Å². The smallest absolute Gasteiger partial charge is 0.330 e. The number of aliphatic hydroxyl groups is 1. The number of carbonyl (C=O) groups is 1. The van der Waals surface area contributed by atoms with Crippen molar-refractivity contribution >= 4 is 5.97 Å². The molecule has 1 saturated carbocycles. The van der Waals surface area contributed by atoms with E-state index in [-0.39, 0.29) is 12.1 Å². The summed E-state index contributed by atoms with van der Waals surface area (Å²) in [5.74, 6) is 0.819. The topological polar surface area (TPSA) is 55.8 Å². The first-order chi connectivity index (χ1) is 11.6. The fraction of sp³-hybridized carbons (Fsp3) is 0.550. The lowest BCUT2D eigenvalue weighted by Crippen LogP contribution is -2.26. The zero-order chi connectivity index (χ0) is 17.4. The summed E-state index contributed by atoms with van der Waals surface area (Å²) in [7, 11) is 0. The van der Waals surface area contributed by atoms with Crippen LogP contribution in [0.4, 0.5) is 0 Å². The molecular weight excluding hydrogens is 304 g/mol. The summed E-state index contributed by atoms with van der Waals surface area (Å²) in [6.45, 7) is 4.36. The van der Waals surface area contributed by atoms with Crippen LogP contribution in [0.1, 0.15) is 45.1 Å². The predicted octanol–water partition coefficient (Wildman–Crippen LogP) is 3.67. The molecule has 1 aliphatic carbocycles. The minimum absolute atomic E-state index is 0.162. The van der Waals surface area contributed by atoms with Crippen LogP contribution in [0.2, 0.25) is 0 Å². The number of hydrogen-bond donors (Lipinski definition) is 1. The second-order valence-corrected chi connectivity index (χ2v) is 6.49. The Morgan fingerprint density at radius 3 is 2.62 bits per heavy atom. The van der Waals surface area contributed by atoms with Gasteiger partial charge in [0.1, 0.15) is 12.4 Å². The van der Waals surface area contributed by atoms with E-state index in [4.69, 9.17) is 9.47 Å². The van der Waals surface area contributed by atoms with Crippen molar-refractivity contribution in [2.75, 3.05) is 13.2 Å². The summed E-state index contributed by atoms with van der Waals surface area (Å²) in [4.78, 5) is 11.4. The molecule has 1 N–H and O–H groups in total. The van der Waals surface area contributed by atoms with Crippen LogP contribution < -0.4 is 4.74 Å². The third-order valence-corrected chi connectivity index (χ3v) is 4.41. The van der Waals surface area contributed by atoms with Gasteiger partial charge in [0, 0.05) is 6.08 Å². The van der Waals surface area contributed by atoms with Gasteiger partial charge in [-0.25, -0.2) is 4.79 Å². The highest BCUT2D eigenvalue weighted by molar-refractivity contribution is 5.82. The van der Waals surface area contributed by atoms with Crippen molar-refractivity contribution in [2.24, 2.45) is 5.92 Å². The molecule has 1 aromatic rings. The lowest BCUT2D eigenvalue weighted by molar-refractivity contribution is -0.137. The Morgan fingerprint density at radius 2 is 1.96 bits per heavy atom. The van der Waals surface area contributed by atoms with E-state index >= 15 is 0 Å². The molecule has 2 unspecified atom stereocenters. The highest BCUT2D eigenvalue weighted by Crippen LogP contribution is 2.28. The molecule has 4 heteroatoms. The summed E-state index contributed by atoms with van der Waals surface area (Å²) >= 11 is 0. The molecule has 1 fully saturated rings. The lowest BCUT2D eigenvalue weighted by Gasteiger charge is -2.27. The van der Waals surface area contributed by atoms with Crippen molar-refractivity contribution in [3.63, 3.8) is 0 Å². The number of aliphatic hydroxyl groups excluding tert-OH is 1. The number of esters is 1. The summed E-state index contributed by atoms with van der Waals surface area (Å²) in [5, 5.41) is 10.1. The Balaban J connectivity index is 1.82. The van der Waals surface area contributed by atoms with Gasteiger partial charge in [-0.3, -0.25) is 0 Å². The van der Waals surface area contributed by atoms with Crippen LogP contribution in [-0.2, 0) is 16.0 Å². The van der Waals surface area contributed by atoms with Crippen LogP contribution in [0.5, 0.6) is 5.75 Å². The molecule has 0 bridgehead atoms. The molecule has 0 amide bonds. The van der Waals surface area contributed by atoms with E-state index in [0.717, 1.165) is 37.0 Å². The van der Waals surface area contributed by atoms with Gasteiger partial charge in [0.05, 0.1) is 12.7 Å². The number of carbonyl (C=O) groups excluding carboxylic acids is 1. The molecule has 0 aromatic heterocycles. The Labute approximate surface area is 144 Å². The van der Waals surface area contributed by atoms with Gasteiger partial charge in [-0.15, -0.1) is 0 Å². The molecule has 0 spiro atoms. The fourth-order valence-electron chi connectivity index (χ4n) is 3.07. The van der Waals surface area contributed by atoms with Crippen molar-refractivity contribution in [3.05, 3.63) is 41.5 Å². The molecule has 0 saturated heterocycles. The Bertz CT molecular complexity index is 547. The van der Waals surface area contributed by atoms with E-state index in [1.807, 2.05) is 19.1 Å². The Morgan fingerprint density at radius 1 is 1.25 bits per heavy atom. The van der Waals surface area contributed by atoms with Crippen LogP contribution in [0.3, 0.4) is 0 Å². The van der Waals surface area contributed by atoms with Crippen molar-refractivity contribution in [3.8, 4) is 5.75 Å². The van der Waals surface area contributed by atoms with Crippen molar-refractivity contribution in [1.29, 1.82) is 0 Å². The van der Waals surface area contributed by atoms with Gasteiger partial charge in [-0.1, -0.05) is 25.0 Å². The first-order valence-corrected chi connectivity index (χ1v) is 8.82. The van der Waals surface area contributed by atoms with E-state index in [0.29, 0.717) is 19.1 Å². The monoisotopic (exact) mass is 332 g/mol. The molecule has 1 aromatic carbocycles. The highest BCUT2D eigenvalue weighted by atomic mass is 16.5. The van der Waals surface area contributed by atoms with Gasteiger partial charge in [0.2, 0.25) is 0 Å². The molecule has 0 heterocycles. The first kappa shape index (κ1) is 18.5. The molecule has 24 heavy (non-hydrogen) atoms. The van der Waals surface area contributed by atoms with E-state index in [2.05, 4.69) is 12.1 Å². The van der Waals surface area contributed by atoms with Gasteiger partial charge < -0.3 is 14.6 Å². The summed E-state index contributed by atoms with van der Waals surface area (Å²) < 4.78 is 10.6. The van der Waals surface area contributed by atoms with Crippen LogP contribution in [0, 0.1) is 5.92 Å². The van der Waals surface area contributed by atoms with Crippen molar-refractivity contribution in [2.45, 2.75) is 52.1 Å². The van der Waals surface area contributed by atoms with Crippen LogP contribution >= 0.6 is 0 Å². The van der Waals surface area contributed by atoms with E-state index in [1.165, 1.54) is 18.1 Å². The maximum atomic E-state index is 11.4. The first-order valence-electron chi connectivity index (χ1n) is 8.82. The average molecular weight is 332 g/mol.